The monoisotopic (exact) mass is 425 g/mol. The number of ether oxygens (including phenoxy) is 1. The number of aryl methyl sites for hydroxylation is 2. The zero-order chi connectivity index (χ0) is 21.4. The highest BCUT2D eigenvalue weighted by molar-refractivity contribution is 6.31. The van der Waals surface area contributed by atoms with Gasteiger partial charge in [0.25, 0.3) is 0 Å². The molecule has 30 heavy (non-hydrogen) atoms. The van der Waals surface area contributed by atoms with Crippen molar-refractivity contribution in [1.82, 2.24) is 0 Å². The van der Waals surface area contributed by atoms with Crippen molar-refractivity contribution in [2.75, 3.05) is 23.9 Å². The number of anilines is 2. The molecule has 6 nitrogen and oxygen atoms in total. The first-order chi connectivity index (χ1) is 14.4. The second-order valence-electron chi connectivity index (χ2n) is 7.79. The largest absolute Gasteiger partial charge is 0.495 e. The number of benzene rings is 2. The molecule has 1 saturated carbocycles. The van der Waals surface area contributed by atoms with Crippen LogP contribution in [0.5, 0.6) is 5.75 Å². The maximum absolute atomic E-state index is 13.4. The van der Waals surface area contributed by atoms with Crippen LogP contribution in [0.1, 0.15) is 30.4 Å². The number of amides is 2. The van der Waals surface area contributed by atoms with Crippen LogP contribution in [0.2, 0.25) is 5.02 Å². The second-order valence-corrected chi connectivity index (χ2v) is 8.23. The lowest BCUT2D eigenvalue weighted by molar-refractivity contribution is -0.123. The quantitative estimate of drug-likeness (QED) is 0.763. The molecule has 0 spiro atoms. The summed E-state index contributed by atoms with van der Waals surface area (Å²) < 4.78 is 5.30. The lowest BCUT2D eigenvalue weighted by Gasteiger charge is -2.25. The number of halogens is 1. The molecule has 0 bridgehead atoms. The normalized spacial score (nSPS) is 17.7. The van der Waals surface area contributed by atoms with E-state index in [1.54, 1.807) is 23.1 Å². The number of hydrogen-bond acceptors (Lipinski definition) is 4. The Hall–Kier alpha value is -2.86. The van der Waals surface area contributed by atoms with E-state index in [4.69, 9.17) is 21.3 Å². The lowest BCUT2D eigenvalue weighted by Crippen LogP contribution is -2.42. The highest BCUT2D eigenvalue weighted by Crippen LogP contribution is 2.39. The van der Waals surface area contributed by atoms with Crippen LogP contribution in [0.15, 0.2) is 35.3 Å². The third kappa shape index (κ3) is 3.79. The Morgan fingerprint density at radius 3 is 2.80 bits per heavy atom. The van der Waals surface area contributed by atoms with Gasteiger partial charge in [-0.3, -0.25) is 14.6 Å². The number of carbonyl (C=O) groups excluding carboxylic acids is 2. The van der Waals surface area contributed by atoms with Crippen LogP contribution in [0, 0.1) is 19.8 Å². The van der Waals surface area contributed by atoms with Crippen LogP contribution in [-0.2, 0) is 9.59 Å². The molecule has 2 aliphatic rings. The molecule has 1 N–H and O–H groups in total. The first-order valence-electron chi connectivity index (χ1n) is 10.0. The molecule has 156 valence electrons. The van der Waals surface area contributed by atoms with Gasteiger partial charge in [-0.2, -0.15) is 0 Å². The van der Waals surface area contributed by atoms with Crippen molar-refractivity contribution in [3.05, 3.63) is 46.5 Å². The molecular weight excluding hydrogens is 402 g/mol. The van der Waals surface area contributed by atoms with Gasteiger partial charge in [-0.25, -0.2) is 0 Å². The number of carbonyl (C=O) groups is 2. The third-order valence-corrected chi connectivity index (χ3v) is 6.01. The van der Waals surface area contributed by atoms with Gasteiger partial charge in [-0.1, -0.05) is 11.6 Å². The van der Waals surface area contributed by atoms with Crippen molar-refractivity contribution < 1.29 is 14.3 Å². The van der Waals surface area contributed by atoms with Gasteiger partial charge in [-0.15, -0.1) is 0 Å². The van der Waals surface area contributed by atoms with Crippen LogP contribution in [0.4, 0.5) is 17.1 Å². The topological polar surface area (TPSA) is 71.0 Å². The maximum Gasteiger partial charge on any atom is 0.244 e. The Morgan fingerprint density at radius 2 is 2.03 bits per heavy atom. The van der Waals surface area contributed by atoms with Crippen molar-refractivity contribution in [3.8, 4) is 5.75 Å². The second kappa shape index (κ2) is 8.11. The molecule has 1 aliphatic heterocycles. The molecule has 1 unspecified atom stereocenters. The van der Waals surface area contributed by atoms with Crippen LogP contribution >= 0.6 is 11.6 Å². The Balaban J connectivity index is 1.67. The molecule has 0 saturated heterocycles. The van der Waals surface area contributed by atoms with Gasteiger partial charge in [0.05, 0.1) is 30.1 Å². The molecule has 0 radical (unpaired) electrons. The fraction of sp³-hybridized carbons (Fsp3) is 0.348. The fourth-order valence-corrected chi connectivity index (χ4v) is 4.23. The highest BCUT2D eigenvalue weighted by Gasteiger charge is 2.37. The summed E-state index contributed by atoms with van der Waals surface area (Å²) in [7, 11) is 1.53. The van der Waals surface area contributed by atoms with Gasteiger partial charge in [0.15, 0.2) is 0 Å². The number of fused-ring (bicyclic) bond motifs is 2. The molecule has 2 amide bonds. The molecule has 1 fully saturated rings. The van der Waals surface area contributed by atoms with Gasteiger partial charge in [-0.05, 0) is 74.6 Å². The Bertz CT molecular complexity index is 1060. The van der Waals surface area contributed by atoms with Crippen LogP contribution in [0.25, 0.3) is 0 Å². The summed E-state index contributed by atoms with van der Waals surface area (Å²) in [6.07, 6.45) is 2.53. The number of aliphatic imine (C=N–C) groups is 1. The summed E-state index contributed by atoms with van der Waals surface area (Å²) in [6.45, 7) is 3.91. The van der Waals surface area contributed by atoms with Gasteiger partial charge in [0.2, 0.25) is 11.8 Å². The zero-order valence-electron chi connectivity index (χ0n) is 17.3. The summed E-state index contributed by atoms with van der Waals surface area (Å²) in [6, 6.07) is 8.95. The SMILES string of the molecule is COc1ccc(Cl)cc1NC(=O)CN1C(=O)C2CCCC2=Nc2cc(C)c(C)cc21. The first kappa shape index (κ1) is 20.4. The number of hydrogen-bond donors (Lipinski definition) is 1. The highest BCUT2D eigenvalue weighted by atomic mass is 35.5. The van der Waals surface area contributed by atoms with E-state index < -0.39 is 0 Å². The molecule has 0 aromatic heterocycles. The predicted octanol–water partition coefficient (Wildman–Crippen LogP) is 4.82. The Kier molecular flexibility index (Phi) is 5.52. The van der Waals surface area contributed by atoms with E-state index in [1.807, 2.05) is 26.0 Å². The van der Waals surface area contributed by atoms with Gasteiger partial charge >= 0.3 is 0 Å². The van der Waals surface area contributed by atoms with Crippen molar-refractivity contribution in [1.29, 1.82) is 0 Å². The minimum Gasteiger partial charge on any atom is -0.495 e. The Labute approximate surface area is 180 Å². The van der Waals surface area contributed by atoms with E-state index in [9.17, 15) is 9.59 Å². The lowest BCUT2D eigenvalue weighted by atomic mass is 10.0. The van der Waals surface area contributed by atoms with E-state index >= 15 is 0 Å². The van der Waals surface area contributed by atoms with Crippen molar-refractivity contribution in [3.63, 3.8) is 0 Å². The molecule has 1 aliphatic carbocycles. The molecule has 2 aromatic carbocycles. The van der Waals surface area contributed by atoms with Gasteiger partial charge in [0.1, 0.15) is 12.3 Å². The van der Waals surface area contributed by atoms with Crippen molar-refractivity contribution in [2.45, 2.75) is 33.1 Å². The summed E-state index contributed by atoms with van der Waals surface area (Å²) in [5.41, 5.74) is 4.97. The van der Waals surface area contributed by atoms with E-state index in [2.05, 4.69) is 5.32 Å². The van der Waals surface area contributed by atoms with Crippen LogP contribution < -0.4 is 15.0 Å². The van der Waals surface area contributed by atoms with Crippen LogP contribution in [0.3, 0.4) is 0 Å². The molecule has 1 heterocycles. The first-order valence-corrected chi connectivity index (χ1v) is 10.4. The fourth-order valence-electron chi connectivity index (χ4n) is 4.06. The minimum absolute atomic E-state index is 0.0681. The number of nitrogens with zero attached hydrogens (tertiary/aromatic N) is 2. The van der Waals surface area contributed by atoms with Crippen molar-refractivity contribution >= 4 is 46.2 Å². The average Bonchev–Trinajstić information content (AvgIpc) is 3.13. The number of rotatable bonds is 4. The summed E-state index contributed by atoms with van der Waals surface area (Å²) >= 11 is 6.07. The summed E-state index contributed by atoms with van der Waals surface area (Å²) in [5.74, 6) is -0.147. The number of nitrogens with one attached hydrogen (secondary N) is 1. The minimum atomic E-state index is -0.324. The smallest absolute Gasteiger partial charge is 0.244 e. The van der Waals surface area contributed by atoms with E-state index in [-0.39, 0.29) is 24.3 Å². The van der Waals surface area contributed by atoms with Gasteiger partial charge < -0.3 is 15.0 Å². The van der Waals surface area contributed by atoms with E-state index in [1.165, 1.54) is 7.11 Å². The molecule has 4 rings (SSSR count). The molecule has 1 atom stereocenters. The van der Waals surface area contributed by atoms with Crippen molar-refractivity contribution in [2.24, 2.45) is 10.9 Å². The number of methoxy groups -OCH3 is 1. The summed E-state index contributed by atoms with van der Waals surface area (Å²) in [5, 5.41) is 3.31. The zero-order valence-corrected chi connectivity index (χ0v) is 18.0. The molecule has 7 heteroatoms. The van der Waals surface area contributed by atoms with E-state index in [0.29, 0.717) is 22.1 Å². The van der Waals surface area contributed by atoms with E-state index in [0.717, 1.165) is 41.8 Å². The third-order valence-electron chi connectivity index (χ3n) is 5.78. The Morgan fingerprint density at radius 1 is 1.27 bits per heavy atom. The summed E-state index contributed by atoms with van der Waals surface area (Å²) in [4.78, 5) is 32.7. The maximum atomic E-state index is 13.4. The van der Waals surface area contributed by atoms with Gasteiger partial charge in [0, 0.05) is 10.7 Å². The average molecular weight is 426 g/mol. The predicted molar refractivity (Wildman–Crippen MR) is 119 cm³/mol. The molecular formula is C23H24ClN3O3. The van der Waals surface area contributed by atoms with Crippen LogP contribution in [-0.4, -0.2) is 31.2 Å². The molecule has 2 aromatic rings. The standard InChI is InChI=1S/C23H24ClN3O3/c1-13-9-18-20(10-14(13)2)27(23(29)16-5-4-6-17(16)25-18)12-22(28)26-19-11-15(24)7-8-21(19)30-3/h7-11,16H,4-6,12H2,1-3H3,(H,26,28).